The summed E-state index contributed by atoms with van der Waals surface area (Å²) in [6.07, 6.45) is 9.46. The normalized spacial score (nSPS) is 22.0. The van der Waals surface area contributed by atoms with Gasteiger partial charge in [-0.15, -0.1) is 0 Å². The maximum absolute atomic E-state index is 4.64. The Balaban J connectivity index is 1.79. The molecule has 1 atom stereocenters. The minimum Gasteiger partial charge on any atom is -0.343 e. The molecule has 1 unspecified atom stereocenters. The first-order valence-electron chi connectivity index (χ1n) is 4.60. The van der Waals surface area contributed by atoms with Crippen LogP contribution >= 0.6 is 0 Å². The summed E-state index contributed by atoms with van der Waals surface area (Å²) in [5, 5.41) is 7.08. The van der Waals surface area contributed by atoms with Crippen molar-refractivity contribution >= 4 is 0 Å². The molecule has 0 bridgehead atoms. The molecule has 0 saturated carbocycles. The molecule has 0 spiro atoms. The van der Waals surface area contributed by atoms with Gasteiger partial charge in [-0.1, -0.05) is 17.3 Å². The van der Waals surface area contributed by atoms with Gasteiger partial charge in [-0.25, -0.2) is 0 Å². The Labute approximate surface area is 77.0 Å². The summed E-state index contributed by atoms with van der Waals surface area (Å²) in [5.41, 5.74) is 0. The Kier molecular flexibility index (Phi) is 2.72. The monoisotopic (exact) mass is 179 g/mol. The molecule has 4 nitrogen and oxygen atoms in total. The second-order valence-electron chi connectivity index (χ2n) is 3.19. The van der Waals surface area contributed by atoms with Crippen LogP contribution in [0.1, 0.15) is 25.1 Å². The molecular formula is C9H13N3O. The summed E-state index contributed by atoms with van der Waals surface area (Å²) >= 11 is 0. The lowest BCUT2D eigenvalue weighted by Gasteiger charge is -2.16. The molecule has 1 aromatic rings. The van der Waals surface area contributed by atoms with E-state index < -0.39 is 0 Å². The largest absolute Gasteiger partial charge is 0.343 e. The van der Waals surface area contributed by atoms with Crippen molar-refractivity contribution in [1.29, 1.82) is 0 Å². The van der Waals surface area contributed by atoms with Crippen molar-refractivity contribution in [3.63, 3.8) is 0 Å². The number of rotatable bonds is 3. The zero-order valence-electron chi connectivity index (χ0n) is 7.44. The second-order valence-corrected chi connectivity index (χ2v) is 3.19. The van der Waals surface area contributed by atoms with Crippen LogP contribution in [-0.2, 0) is 6.54 Å². The fourth-order valence-electron chi connectivity index (χ4n) is 1.48. The van der Waals surface area contributed by atoms with E-state index in [0.717, 1.165) is 5.82 Å². The van der Waals surface area contributed by atoms with Gasteiger partial charge in [0, 0.05) is 6.04 Å². The maximum atomic E-state index is 4.64. The number of hydrogen-bond acceptors (Lipinski definition) is 4. The molecule has 2 rings (SSSR count). The average molecular weight is 179 g/mol. The van der Waals surface area contributed by atoms with Crippen LogP contribution in [-0.4, -0.2) is 16.2 Å². The van der Waals surface area contributed by atoms with Crippen LogP contribution in [0, 0.1) is 0 Å². The van der Waals surface area contributed by atoms with Crippen molar-refractivity contribution in [2.45, 2.75) is 31.8 Å². The van der Waals surface area contributed by atoms with Crippen LogP contribution in [0.15, 0.2) is 23.1 Å². The summed E-state index contributed by atoms with van der Waals surface area (Å²) in [5.74, 6) is 0.721. The Morgan fingerprint density at radius 3 is 3.31 bits per heavy atom. The van der Waals surface area contributed by atoms with Crippen LogP contribution in [0.25, 0.3) is 0 Å². The molecule has 70 valence electrons. The van der Waals surface area contributed by atoms with E-state index in [4.69, 9.17) is 0 Å². The fraction of sp³-hybridized carbons (Fsp3) is 0.556. The van der Waals surface area contributed by atoms with Crippen molar-refractivity contribution in [2.24, 2.45) is 0 Å². The van der Waals surface area contributed by atoms with Gasteiger partial charge in [0.1, 0.15) is 0 Å². The van der Waals surface area contributed by atoms with E-state index in [-0.39, 0.29) is 0 Å². The lowest BCUT2D eigenvalue weighted by Crippen LogP contribution is -2.28. The highest BCUT2D eigenvalue weighted by atomic mass is 16.5. The second kappa shape index (κ2) is 4.18. The van der Waals surface area contributed by atoms with Crippen LogP contribution in [0.2, 0.25) is 0 Å². The fourth-order valence-corrected chi connectivity index (χ4v) is 1.48. The van der Waals surface area contributed by atoms with Crippen LogP contribution in [0.4, 0.5) is 0 Å². The van der Waals surface area contributed by atoms with Gasteiger partial charge in [-0.2, -0.15) is 4.98 Å². The Bertz CT molecular complexity index is 268. The SMILES string of the molecule is C1=CC(NCc2ncon2)CCC1. The summed E-state index contributed by atoms with van der Waals surface area (Å²) in [4.78, 5) is 3.94. The zero-order chi connectivity index (χ0) is 8.93. The zero-order valence-corrected chi connectivity index (χ0v) is 7.44. The van der Waals surface area contributed by atoms with Gasteiger partial charge in [-0.3, -0.25) is 0 Å². The van der Waals surface area contributed by atoms with Gasteiger partial charge < -0.3 is 9.84 Å². The van der Waals surface area contributed by atoms with Crippen molar-refractivity contribution in [2.75, 3.05) is 0 Å². The minimum absolute atomic E-state index is 0.479. The third-order valence-corrected chi connectivity index (χ3v) is 2.18. The Hall–Kier alpha value is -1.16. The topological polar surface area (TPSA) is 51.0 Å². The number of aromatic nitrogens is 2. The number of nitrogens with one attached hydrogen (secondary N) is 1. The molecule has 4 heteroatoms. The van der Waals surface area contributed by atoms with Gasteiger partial charge in [0.15, 0.2) is 5.82 Å². The molecule has 1 aromatic heterocycles. The molecule has 13 heavy (non-hydrogen) atoms. The number of allylic oxidation sites excluding steroid dienone is 1. The molecular weight excluding hydrogens is 166 g/mol. The standard InChI is InChI=1S/C9H13N3O/c1-2-4-8(5-3-1)10-6-9-11-7-13-12-9/h2,4,7-8,10H,1,3,5-6H2. The first kappa shape index (κ1) is 8.44. The Morgan fingerprint density at radius 2 is 2.62 bits per heavy atom. The predicted octanol–water partition coefficient (Wildman–Crippen LogP) is 1.27. The van der Waals surface area contributed by atoms with E-state index in [1.165, 1.54) is 25.7 Å². The van der Waals surface area contributed by atoms with Gasteiger partial charge in [-0.05, 0) is 19.3 Å². The van der Waals surface area contributed by atoms with Crippen molar-refractivity contribution in [1.82, 2.24) is 15.5 Å². The van der Waals surface area contributed by atoms with Crippen LogP contribution < -0.4 is 5.32 Å². The predicted molar refractivity (Wildman–Crippen MR) is 47.9 cm³/mol. The smallest absolute Gasteiger partial charge is 0.213 e. The molecule has 1 aliphatic rings. The third kappa shape index (κ3) is 2.39. The molecule has 0 saturated heterocycles. The molecule has 1 N–H and O–H groups in total. The van der Waals surface area contributed by atoms with E-state index >= 15 is 0 Å². The first-order valence-corrected chi connectivity index (χ1v) is 4.60. The molecule has 0 aliphatic heterocycles. The van der Waals surface area contributed by atoms with Gasteiger partial charge in [0.05, 0.1) is 6.54 Å². The summed E-state index contributed by atoms with van der Waals surface area (Å²) in [7, 11) is 0. The quantitative estimate of drug-likeness (QED) is 0.710. The molecule has 0 fully saturated rings. The van der Waals surface area contributed by atoms with Crippen LogP contribution in [0.5, 0.6) is 0 Å². The van der Waals surface area contributed by atoms with Gasteiger partial charge in [0.2, 0.25) is 6.39 Å². The lowest BCUT2D eigenvalue weighted by atomic mass is 10.0. The van der Waals surface area contributed by atoms with E-state index in [2.05, 4.69) is 32.1 Å². The third-order valence-electron chi connectivity index (χ3n) is 2.18. The van der Waals surface area contributed by atoms with Crippen molar-refractivity contribution in [3.8, 4) is 0 Å². The maximum Gasteiger partial charge on any atom is 0.213 e. The number of hydrogen-bond donors (Lipinski definition) is 1. The lowest BCUT2D eigenvalue weighted by molar-refractivity contribution is 0.404. The molecule has 1 heterocycles. The van der Waals surface area contributed by atoms with E-state index in [0.29, 0.717) is 12.6 Å². The van der Waals surface area contributed by atoms with Crippen molar-refractivity contribution in [3.05, 3.63) is 24.4 Å². The molecule has 0 radical (unpaired) electrons. The first-order chi connectivity index (χ1) is 6.45. The van der Waals surface area contributed by atoms with Crippen molar-refractivity contribution < 1.29 is 4.52 Å². The van der Waals surface area contributed by atoms with E-state index in [1.807, 2.05) is 0 Å². The summed E-state index contributed by atoms with van der Waals surface area (Å²) in [6.45, 7) is 0.686. The minimum atomic E-state index is 0.479. The Morgan fingerprint density at radius 1 is 1.62 bits per heavy atom. The molecule has 0 amide bonds. The van der Waals surface area contributed by atoms with Gasteiger partial charge >= 0.3 is 0 Å². The molecule has 0 aromatic carbocycles. The van der Waals surface area contributed by atoms with Crippen LogP contribution in [0.3, 0.4) is 0 Å². The highest BCUT2D eigenvalue weighted by Crippen LogP contribution is 2.10. The number of nitrogens with zero attached hydrogens (tertiary/aromatic N) is 2. The molecule has 1 aliphatic carbocycles. The van der Waals surface area contributed by atoms with E-state index in [1.54, 1.807) is 0 Å². The van der Waals surface area contributed by atoms with Gasteiger partial charge in [0.25, 0.3) is 0 Å². The summed E-state index contributed by atoms with van der Waals surface area (Å²) < 4.78 is 4.64. The highest BCUT2D eigenvalue weighted by molar-refractivity contribution is 4.98. The highest BCUT2D eigenvalue weighted by Gasteiger charge is 2.08. The van der Waals surface area contributed by atoms with E-state index in [9.17, 15) is 0 Å². The average Bonchev–Trinajstić information content (AvgIpc) is 2.69. The summed E-state index contributed by atoms with van der Waals surface area (Å²) in [6, 6.07) is 0.479.